The fourth-order valence-corrected chi connectivity index (χ4v) is 7.32. The van der Waals surface area contributed by atoms with Gasteiger partial charge in [-0.15, -0.1) is 0 Å². The third-order valence-electron chi connectivity index (χ3n) is 10.6. The molecule has 1 atom stereocenters. The van der Waals surface area contributed by atoms with Crippen molar-refractivity contribution in [3.05, 3.63) is 0 Å². The minimum atomic E-state index is 0.373. The molecule has 0 aromatic carbocycles. The zero-order valence-corrected chi connectivity index (χ0v) is 32.9. The van der Waals surface area contributed by atoms with Gasteiger partial charge in [0.15, 0.2) is 0 Å². The van der Waals surface area contributed by atoms with Gasteiger partial charge in [0.05, 0.1) is 0 Å². The number of rotatable bonds is 41. The average Bonchev–Trinajstić information content (AvgIpc) is 3.06. The number of nitrogens with two attached hydrogens (primary N) is 1. The third kappa shape index (κ3) is 38.4. The minimum absolute atomic E-state index is 0.373. The lowest BCUT2D eigenvalue weighted by molar-refractivity contribution is 0.239. The van der Waals surface area contributed by atoms with Crippen molar-refractivity contribution >= 4 is 0 Å². The van der Waals surface area contributed by atoms with E-state index in [1.54, 1.807) is 0 Å². The van der Waals surface area contributed by atoms with Crippen LogP contribution in [0.2, 0.25) is 0 Å². The summed E-state index contributed by atoms with van der Waals surface area (Å²) in [6, 6.07) is 0.373. The van der Waals surface area contributed by atoms with Crippen LogP contribution in [0.3, 0.4) is 0 Å². The Kier molecular flexibility index (Phi) is 41.0. The van der Waals surface area contributed by atoms with E-state index < -0.39 is 0 Å². The first-order chi connectivity index (χ1) is 22.7. The standard InChI is InChI=1S/C44H92N2/c1-4-7-10-13-16-19-22-25-28-31-34-37-40-44(45)43-46(41-38-35-32-29-26-23-20-17-14-11-8-5-2)42-39-36-33-30-27-24-21-18-15-12-9-6-3/h44H,4-43,45H2,1-3H3. The van der Waals surface area contributed by atoms with Gasteiger partial charge in [-0.1, -0.05) is 239 Å². The van der Waals surface area contributed by atoms with Gasteiger partial charge in [0, 0.05) is 12.6 Å². The second kappa shape index (κ2) is 41.1. The summed E-state index contributed by atoms with van der Waals surface area (Å²) >= 11 is 0. The summed E-state index contributed by atoms with van der Waals surface area (Å²) in [5.74, 6) is 0. The lowest BCUT2D eigenvalue weighted by Crippen LogP contribution is -2.38. The van der Waals surface area contributed by atoms with E-state index in [2.05, 4.69) is 25.7 Å². The van der Waals surface area contributed by atoms with Crippen LogP contribution in [0.5, 0.6) is 0 Å². The van der Waals surface area contributed by atoms with Crippen LogP contribution >= 0.6 is 0 Å². The van der Waals surface area contributed by atoms with Gasteiger partial charge in [-0.05, 0) is 32.4 Å². The Morgan fingerprint density at radius 2 is 0.522 bits per heavy atom. The second-order valence-corrected chi connectivity index (χ2v) is 15.5. The zero-order chi connectivity index (χ0) is 33.4. The predicted octanol–water partition coefficient (Wildman–Crippen LogP) is 15.1. The highest BCUT2D eigenvalue weighted by Gasteiger charge is 2.11. The quantitative estimate of drug-likeness (QED) is 0.0668. The van der Waals surface area contributed by atoms with Crippen LogP contribution in [0.1, 0.15) is 258 Å². The van der Waals surface area contributed by atoms with Gasteiger partial charge in [0.25, 0.3) is 0 Å². The largest absolute Gasteiger partial charge is 0.327 e. The van der Waals surface area contributed by atoms with Crippen molar-refractivity contribution in [2.75, 3.05) is 19.6 Å². The molecule has 0 rings (SSSR count). The van der Waals surface area contributed by atoms with E-state index in [-0.39, 0.29) is 0 Å². The lowest BCUT2D eigenvalue weighted by atomic mass is 10.0. The number of nitrogens with zero attached hydrogens (tertiary/aromatic N) is 1. The molecule has 0 aromatic heterocycles. The van der Waals surface area contributed by atoms with Gasteiger partial charge in [0.2, 0.25) is 0 Å². The number of hydrogen-bond acceptors (Lipinski definition) is 2. The molecule has 2 heteroatoms. The molecule has 0 aliphatic carbocycles. The third-order valence-corrected chi connectivity index (χ3v) is 10.6. The maximum Gasteiger partial charge on any atom is 0.0167 e. The predicted molar refractivity (Wildman–Crippen MR) is 212 cm³/mol. The van der Waals surface area contributed by atoms with Crippen molar-refractivity contribution in [3.63, 3.8) is 0 Å². The minimum Gasteiger partial charge on any atom is -0.327 e. The molecule has 2 N–H and O–H groups in total. The molecular formula is C44H92N2. The van der Waals surface area contributed by atoms with Crippen molar-refractivity contribution in [2.24, 2.45) is 5.73 Å². The molecule has 278 valence electrons. The molecule has 0 amide bonds. The summed E-state index contributed by atoms with van der Waals surface area (Å²) < 4.78 is 0. The van der Waals surface area contributed by atoms with Crippen molar-refractivity contribution in [1.82, 2.24) is 4.90 Å². The van der Waals surface area contributed by atoms with Crippen LogP contribution in [0, 0.1) is 0 Å². The zero-order valence-electron chi connectivity index (χ0n) is 32.9. The Morgan fingerprint density at radius 3 is 0.783 bits per heavy atom. The van der Waals surface area contributed by atoms with Crippen molar-refractivity contribution < 1.29 is 0 Å². The maximum absolute atomic E-state index is 6.74. The van der Waals surface area contributed by atoms with Crippen LogP contribution in [-0.2, 0) is 0 Å². The van der Waals surface area contributed by atoms with Gasteiger partial charge in [-0.3, -0.25) is 0 Å². The SMILES string of the molecule is CCCCCCCCCCCCCCC(N)CN(CCCCCCCCCCCCCC)CCCCCCCCCCCCCC. The molecule has 0 aromatic rings. The van der Waals surface area contributed by atoms with E-state index in [1.807, 2.05) is 0 Å². The van der Waals surface area contributed by atoms with E-state index in [0.717, 1.165) is 6.54 Å². The van der Waals surface area contributed by atoms with E-state index in [1.165, 1.54) is 251 Å². The Morgan fingerprint density at radius 1 is 0.304 bits per heavy atom. The summed E-state index contributed by atoms with van der Waals surface area (Å²) in [7, 11) is 0. The Labute approximate surface area is 294 Å². The molecular weight excluding hydrogens is 556 g/mol. The summed E-state index contributed by atoms with van der Waals surface area (Å²) in [5.41, 5.74) is 6.74. The summed E-state index contributed by atoms with van der Waals surface area (Å²) in [6.07, 6.45) is 52.8. The van der Waals surface area contributed by atoms with Gasteiger partial charge >= 0.3 is 0 Å². The molecule has 2 nitrogen and oxygen atoms in total. The molecule has 0 aliphatic heterocycles. The Balaban J connectivity index is 4.04. The molecule has 0 fully saturated rings. The first-order valence-corrected chi connectivity index (χ1v) is 22.2. The second-order valence-electron chi connectivity index (χ2n) is 15.5. The van der Waals surface area contributed by atoms with Crippen LogP contribution in [0.4, 0.5) is 0 Å². The van der Waals surface area contributed by atoms with Gasteiger partial charge in [-0.25, -0.2) is 0 Å². The molecule has 46 heavy (non-hydrogen) atoms. The molecule has 0 saturated heterocycles. The highest BCUT2D eigenvalue weighted by Crippen LogP contribution is 2.16. The first kappa shape index (κ1) is 45.9. The molecule has 1 unspecified atom stereocenters. The normalized spacial score (nSPS) is 12.5. The Hall–Kier alpha value is -0.0800. The van der Waals surface area contributed by atoms with Crippen LogP contribution in [-0.4, -0.2) is 30.6 Å². The van der Waals surface area contributed by atoms with Gasteiger partial charge in [0.1, 0.15) is 0 Å². The van der Waals surface area contributed by atoms with E-state index >= 15 is 0 Å². The average molecular weight is 649 g/mol. The molecule has 0 saturated carbocycles. The van der Waals surface area contributed by atoms with E-state index in [4.69, 9.17) is 5.73 Å². The fraction of sp³-hybridized carbons (Fsp3) is 1.00. The fourth-order valence-electron chi connectivity index (χ4n) is 7.32. The molecule has 0 spiro atoms. The maximum atomic E-state index is 6.74. The van der Waals surface area contributed by atoms with Crippen molar-refractivity contribution in [2.45, 2.75) is 264 Å². The van der Waals surface area contributed by atoms with E-state index in [9.17, 15) is 0 Å². The van der Waals surface area contributed by atoms with Crippen LogP contribution in [0.25, 0.3) is 0 Å². The van der Waals surface area contributed by atoms with Crippen molar-refractivity contribution in [1.29, 1.82) is 0 Å². The molecule has 0 bridgehead atoms. The highest BCUT2D eigenvalue weighted by atomic mass is 15.1. The summed E-state index contributed by atoms with van der Waals surface area (Å²) in [4.78, 5) is 2.76. The Bertz CT molecular complexity index is 492. The topological polar surface area (TPSA) is 29.3 Å². The highest BCUT2D eigenvalue weighted by molar-refractivity contribution is 4.70. The van der Waals surface area contributed by atoms with Crippen LogP contribution < -0.4 is 5.73 Å². The molecule has 0 radical (unpaired) electrons. The monoisotopic (exact) mass is 649 g/mol. The van der Waals surface area contributed by atoms with E-state index in [0.29, 0.717) is 6.04 Å². The number of unbranched alkanes of at least 4 members (excludes halogenated alkanes) is 33. The molecule has 0 aliphatic rings. The lowest BCUT2D eigenvalue weighted by Gasteiger charge is -2.26. The van der Waals surface area contributed by atoms with Crippen LogP contribution in [0.15, 0.2) is 0 Å². The smallest absolute Gasteiger partial charge is 0.0167 e. The molecule has 0 heterocycles. The van der Waals surface area contributed by atoms with Crippen molar-refractivity contribution in [3.8, 4) is 0 Å². The number of hydrogen-bond donors (Lipinski definition) is 1. The summed E-state index contributed by atoms with van der Waals surface area (Å²) in [6.45, 7) is 10.6. The van der Waals surface area contributed by atoms with Gasteiger partial charge in [-0.2, -0.15) is 0 Å². The van der Waals surface area contributed by atoms with Gasteiger partial charge < -0.3 is 10.6 Å². The summed E-state index contributed by atoms with van der Waals surface area (Å²) in [5, 5.41) is 0. The first-order valence-electron chi connectivity index (χ1n) is 22.2.